The van der Waals surface area contributed by atoms with Crippen molar-refractivity contribution in [3.63, 3.8) is 0 Å². The van der Waals surface area contributed by atoms with Gasteiger partial charge in [-0.3, -0.25) is 0 Å². The first-order valence-corrected chi connectivity index (χ1v) is 7.17. The lowest BCUT2D eigenvalue weighted by Gasteiger charge is -2.16. The molecule has 5 heteroatoms. The van der Waals surface area contributed by atoms with Gasteiger partial charge >= 0.3 is 0 Å². The highest BCUT2D eigenvalue weighted by molar-refractivity contribution is 5.78. The summed E-state index contributed by atoms with van der Waals surface area (Å²) in [6, 6.07) is 8.65. The van der Waals surface area contributed by atoms with Gasteiger partial charge in [0, 0.05) is 18.7 Å². The molecule has 0 radical (unpaired) electrons. The molecule has 1 saturated carbocycles. The maximum atomic E-state index is 5.96. The number of hydrogen-bond donors (Lipinski definition) is 1. The quantitative estimate of drug-likeness (QED) is 0.692. The Balaban J connectivity index is 1.67. The van der Waals surface area contributed by atoms with Crippen molar-refractivity contribution in [1.29, 1.82) is 0 Å². The van der Waals surface area contributed by atoms with Crippen molar-refractivity contribution in [1.82, 2.24) is 9.88 Å². The van der Waals surface area contributed by atoms with Gasteiger partial charge in [0.05, 0.1) is 6.54 Å². The molecule has 5 nitrogen and oxygen atoms in total. The van der Waals surface area contributed by atoms with Crippen molar-refractivity contribution in [2.75, 3.05) is 7.05 Å². The third-order valence-electron chi connectivity index (χ3n) is 3.71. The molecule has 1 aliphatic carbocycles. The summed E-state index contributed by atoms with van der Waals surface area (Å²) in [4.78, 5) is 10.9. The molecule has 1 aliphatic rings. The summed E-state index contributed by atoms with van der Waals surface area (Å²) in [7, 11) is 1.98. The fourth-order valence-electron chi connectivity index (χ4n) is 2.13. The largest absolute Gasteiger partial charge is 0.444 e. The lowest BCUT2D eigenvalue weighted by Crippen LogP contribution is -2.35. The zero-order valence-corrected chi connectivity index (χ0v) is 12.4. The number of oxazole rings is 1. The lowest BCUT2D eigenvalue weighted by molar-refractivity contribution is 0.487. The van der Waals surface area contributed by atoms with Crippen molar-refractivity contribution in [3.05, 3.63) is 41.8 Å². The summed E-state index contributed by atoms with van der Waals surface area (Å²) in [5.41, 5.74) is 8.93. The highest BCUT2D eigenvalue weighted by atomic mass is 16.3. The molecule has 1 aromatic carbocycles. The summed E-state index contributed by atoms with van der Waals surface area (Å²) in [6.45, 7) is 2.50. The first-order valence-electron chi connectivity index (χ1n) is 7.17. The van der Waals surface area contributed by atoms with Gasteiger partial charge in [0.1, 0.15) is 12.0 Å². The van der Waals surface area contributed by atoms with Gasteiger partial charge in [0.25, 0.3) is 0 Å². The van der Waals surface area contributed by atoms with E-state index in [0.29, 0.717) is 24.4 Å². The third-order valence-corrected chi connectivity index (χ3v) is 3.71. The second kappa shape index (κ2) is 5.60. The Kier molecular flexibility index (Phi) is 3.64. The molecule has 2 aromatic rings. The zero-order chi connectivity index (χ0) is 14.8. The molecule has 1 aromatic heterocycles. The average molecular weight is 284 g/mol. The van der Waals surface area contributed by atoms with Gasteiger partial charge in [-0.2, -0.15) is 0 Å². The molecule has 0 bridgehead atoms. The van der Waals surface area contributed by atoms with Crippen molar-refractivity contribution < 1.29 is 4.42 Å². The van der Waals surface area contributed by atoms with E-state index in [0.717, 1.165) is 11.3 Å². The van der Waals surface area contributed by atoms with Gasteiger partial charge in [-0.05, 0) is 31.9 Å². The van der Waals surface area contributed by atoms with Crippen LogP contribution in [0.4, 0.5) is 0 Å². The molecule has 0 aliphatic heterocycles. The van der Waals surface area contributed by atoms with E-state index >= 15 is 0 Å². The summed E-state index contributed by atoms with van der Waals surface area (Å²) in [5, 5.41) is 0. The van der Waals surface area contributed by atoms with Crippen LogP contribution in [-0.4, -0.2) is 28.9 Å². The van der Waals surface area contributed by atoms with E-state index in [1.807, 2.05) is 36.2 Å². The average Bonchev–Trinajstić information content (AvgIpc) is 3.23. The van der Waals surface area contributed by atoms with E-state index in [-0.39, 0.29) is 0 Å². The summed E-state index contributed by atoms with van der Waals surface area (Å²) in [5.74, 6) is 1.19. The smallest absolute Gasteiger partial charge is 0.226 e. The van der Waals surface area contributed by atoms with E-state index in [2.05, 4.69) is 16.9 Å². The number of guanidine groups is 1. The number of nitrogens with two attached hydrogens (primary N) is 1. The molecule has 2 N–H and O–H groups in total. The Morgan fingerprint density at radius 2 is 2.10 bits per heavy atom. The predicted octanol–water partition coefficient (Wildman–Crippen LogP) is 2.56. The van der Waals surface area contributed by atoms with Crippen LogP contribution >= 0.6 is 0 Å². The topological polar surface area (TPSA) is 67.7 Å². The van der Waals surface area contributed by atoms with Gasteiger partial charge < -0.3 is 15.1 Å². The number of aromatic nitrogens is 1. The first-order chi connectivity index (χ1) is 10.1. The summed E-state index contributed by atoms with van der Waals surface area (Å²) in [6.07, 6.45) is 4.05. The van der Waals surface area contributed by atoms with Gasteiger partial charge in [0.2, 0.25) is 5.89 Å². The zero-order valence-electron chi connectivity index (χ0n) is 12.4. The van der Waals surface area contributed by atoms with Crippen LogP contribution in [-0.2, 0) is 6.54 Å². The molecular weight excluding hydrogens is 264 g/mol. The van der Waals surface area contributed by atoms with E-state index in [9.17, 15) is 0 Å². The standard InChI is InChI=1S/C16H20N4O/c1-11-3-5-12(6-4-11)15-19-13(10-21-15)9-18-16(17)20(2)14-7-8-14/h3-6,10,14H,7-9H2,1-2H3,(H2,17,18). The Labute approximate surface area is 124 Å². The maximum Gasteiger partial charge on any atom is 0.226 e. The van der Waals surface area contributed by atoms with Crippen LogP contribution in [0.25, 0.3) is 11.5 Å². The van der Waals surface area contributed by atoms with Gasteiger partial charge in [0.15, 0.2) is 5.96 Å². The van der Waals surface area contributed by atoms with Gasteiger partial charge in [-0.15, -0.1) is 0 Å². The molecule has 1 fully saturated rings. The number of hydrogen-bond acceptors (Lipinski definition) is 3. The second-order valence-corrected chi connectivity index (χ2v) is 5.53. The van der Waals surface area contributed by atoms with Crippen LogP contribution in [0.15, 0.2) is 39.9 Å². The van der Waals surface area contributed by atoms with E-state index in [4.69, 9.17) is 10.2 Å². The van der Waals surface area contributed by atoms with Crippen molar-refractivity contribution in [3.8, 4) is 11.5 Å². The van der Waals surface area contributed by atoms with Crippen LogP contribution in [0.5, 0.6) is 0 Å². The molecule has 110 valence electrons. The lowest BCUT2D eigenvalue weighted by atomic mass is 10.1. The van der Waals surface area contributed by atoms with Crippen LogP contribution in [0.3, 0.4) is 0 Å². The molecule has 0 amide bonds. The van der Waals surface area contributed by atoms with Crippen molar-refractivity contribution in [2.45, 2.75) is 32.4 Å². The van der Waals surface area contributed by atoms with Gasteiger partial charge in [-0.1, -0.05) is 17.7 Å². The summed E-state index contributed by atoms with van der Waals surface area (Å²) < 4.78 is 5.51. The van der Waals surface area contributed by atoms with Crippen LogP contribution in [0, 0.1) is 6.92 Å². The predicted molar refractivity (Wildman–Crippen MR) is 82.8 cm³/mol. The molecule has 0 atom stereocenters. The Morgan fingerprint density at radius 3 is 2.76 bits per heavy atom. The normalized spacial score (nSPS) is 15.2. The fraction of sp³-hybridized carbons (Fsp3) is 0.375. The minimum atomic E-state index is 0.443. The number of aryl methyl sites for hydroxylation is 1. The summed E-state index contributed by atoms with van der Waals surface area (Å²) >= 11 is 0. The first kappa shape index (κ1) is 13.7. The number of rotatable bonds is 4. The van der Waals surface area contributed by atoms with Crippen LogP contribution in [0.1, 0.15) is 24.1 Å². The Hall–Kier alpha value is -2.30. The molecule has 0 saturated heterocycles. The second-order valence-electron chi connectivity index (χ2n) is 5.53. The third kappa shape index (κ3) is 3.24. The highest BCUT2D eigenvalue weighted by Crippen LogP contribution is 2.25. The Morgan fingerprint density at radius 1 is 1.38 bits per heavy atom. The Bertz CT molecular complexity index is 641. The highest BCUT2D eigenvalue weighted by Gasteiger charge is 2.27. The van der Waals surface area contributed by atoms with E-state index < -0.39 is 0 Å². The molecule has 1 heterocycles. The van der Waals surface area contributed by atoms with Crippen LogP contribution < -0.4 is 5.73 Å². The maximum absolute atomic E-state index is 5.96. The minimum Gasteiger partial charge on any atom is -0.444 e. The van der Waals surface area contributed by atoms with E-state index in [1.54, 1.807) is 6.26 Å². The molecular formula is C16H20N4O. The number of benzene rings is 1. The number of aliphatic imine (C=N–C) groups is 1. The van der Waals surface area contributed by atoms with Crippen LogP contribution in [0.2, 0.25) is 0 Å². The SMILES string of the molecule is Cc1ccc(-c2nc(CN=C(N)N(C)C3CC3)co2)cc1. The van der Waals surface area contributed by atoms with Crippen molar-refractivity contribution >= 4 is 5.96 Å². The van der Waals surface area contributed by atoms with Gasteiger partial charge in [-0.25, -0.2) is 9.98 Å². The van der Waals surface area contributed by atoms with Crippen molar-refractivity contribution in [2.24, 2.45) is 10.7 Å². The number of nitrogens with zero attached hydrogens (tertiary/aromatic N) is 3. The molecule has 0 unspecified atom stereocenters. The fourth-order valence-corrected chi connectivity index (χ4v) is 2.13. The molecule has 21 heavy (non-hydrogen) atoms. The molecule has 0 spiro atoms. The minimum absolute atomic E-state index is 0.443. The molecule has 3 rings (SSSR count). The van der Waals surface area contributed by atoms with E-state index in [1.165, 1.54) is 18.4 Å². The monoisotopic (exact) mass is 284 g/mol.